The summed E-state index contributed by atoms with van der Waals surface area (Å²) in [6, 6.07) is 7.24. The molecule has 0 aromatic heterocycles. The molecule has 0 aliphatic carbocycles. The predicted octanol–water partition coefficient (Wildman–Crippen LogP) is 1.97. The van der Waals surface area contributed by atoms with E-state index in [1.807, 2.05) is 0 Å². The van der Waals surface area contributed by atoms with Crippen molar-refractivity contribution >= 4 is 0 Å². The Morgan fingerprint density at radius 1 is 1.16 bits per heavy atom. The minimum atomic E-state index is 0.270. The third-order valence-corrected chi connectivity index (χ3v) is 4.25. The van der Waals surface area contributed by atoms with Crippen LogP contribution in [0.2, 0.25) is 0 Å². The van der Waals surface area contributed by atoms with Crippen LogP contribution in [-0.4, -0.2) is 54.2 Å². The highest BCUT2D eigenvalue weighted by molar-refractivity contribution is 5.32. The topological polar surface area (TPSA) is 26.7 Å². The van der Waals surface area contributed by atoms with E-state index >= 15 is 0 Å². The number of hydrogen-bond donors (Lipinski definition) is 1. The molecule has 1 heterocycles. The molecule has 1 N–H and O–H groups in total. The maximum Gasteiger partial charge on any atom is 0.0558 e. The Morgan fingerprint density at radius 3 is 2.42 bits per heavy atom. The molecule has 1 atom stereocenters. The van der Waals surface area contributed by atoms with Crippen LogP contribution in [0.3, 0.4) is 0 Å². The fourth-order valence-corrected chi connectivity index (χ4v) is 3.01. The quantitative estimate of drug-likeness (QED) is 0.899. The molecule has 1 fully saturated rings. The van der Waals surface area contributed by atoms with E-state index in [0.29, 0.717) is 6.04 Å². The molecule has 1 aliphatic heterocycles. The summed E-state index contributed by atoms with van der Waals surface area (Å²) >= 11 is 0. The first-order valence-electron chi connectivity index (χ1n) is 7.26. The van der Waals surface area contributed by atoms with Gasteiger partial charge in [0, 0.05) is 38.8 Å². The van der Waals surface area contributed by atoms with Crippen LogP contribution in [0.5, 0.6) is 0 Å². The summed E-state index contributed by atoms with van der Waals surface area (Å²) in [6.45, 7) is 12.1. The number of hydrogen-bond acceptors (Lipinski definition) is 3. The van der Waals surface area contributed by atoms with Crippen molar-refractivity contribution < 1.29 is 5.11 Å². The second-order valence-electron chi connectivity index (χ2n) is 5.64. The lowest BCUT2D eigenvalue weighted by atomic mass is 9.99. The number of aliphatic hydroxyl groups excluding tert-OH is 1. The summed E-state index contributed by atoms with van der Waals surface area (Å²) in [4.78, 5) is 4.89. The van der Waals surface area contributed by atoms with Crippen molar-refractivity contribution in [3.63, 3.8) is 0 Å². The van der Waals surface area contributed by atoms with E-state index in [2.05, 4.69) is 48.8 Å². The molecule has 0 saturated carbocycles. The van der Waals surface area contributed by atoms with Gasteiger partial charge in [-0.1, -0.05) is 23.8 Å². The van der Waals surface area contributed by atoms with Crippen LogP contribution in [0.4, 0.5) is 0 Å². The fraction of sp³-hybridized carbons (Fsp3) is 0.625. The van der Waals surface area contributed by atoms with Crippen LogP contribution < -0.4 is 0 Å². The largest absolute Gasteiger partial charge is 0.395 e. The lowest BCUT2D eigenvalue weighted by Crippen LogP contribution is -2.47. The zero-order valence-electron chi connectivity index (χ0n) is 12.4. The van der Waals surface area contributed by atoms with E-state index < -0.39 is 0 Å². The van der Waals surface area contributed by atoms with E-state index in [9.17, 15) is 0 Å². The van der Waals surface area contributed by atoms with Crippen LogP contribution in [0.25, 0.3) is 0 Å². The van der Waals surface area contributed by atoms with Gasteiger partial charge in [0.1, 0.15) is 0 Å². The molecule has 1 aromatic carbocycles. The van der Waals surface area contributed by atoms with Gasteiger partial charge < -0.3 is 5.11 Å². The summed E-state index contributed by atoms with van der Waals surface area (Å²) in [5.74, 6) is 0. The molecule has 3 nitrogen and oxygen atoms in total. The minimum absolute atomic E-state index is 0.270. The molecule has 0 radical (unpaired) electrons. The molecule has 1 aliphatic rings. The van der Waals surface area contributed by atoms with Gasteiger partial charge in [-0.25, -0.2) is 0 Å². The summed E-state index contributed by atoms with van der Waals surface area (Å²) < 4.78 is 0. The Morgan fingerprint density at radius 2 is 1.84 bits per heavy atom. The van der Waals surface area contributed by atoms with Gasteiger partial charge in [0.15, 0.2) is 0 Å². The summed E-state index contributed by atoms with van der Waals surface area (Å²) in [5.41, 5.74) is 4.17. The normalized spacial score (nSPS) is 19.6. The van der Waals surface area contributed by atoms with E-state index in [-0.39, 0.29) is 6.61 Å². The zero-order valence-corrected chi connectivity index (χ0v) is 12.4. The Bertz CT molecular complexity index is 411. The van der Waals surface area contributed by atoms with Gasteiger partial charge in [-0.3, -0.25) is 9.80 Å². The zero-order chi connectivity index (χ0) is 13.8. The molecule has 19 heavy (non-hydrogen) atoms. The van der Waals surface area contributed by atoms with Crippen LogP contribution in [0, 0.1) is 13.8 Å². The van der Waals surface area contributed by atoms with Crippen molar-refractivity contribution in [3.8, 4) is 0 Å². The van der Waals surface area contributed by atoms with Crippen molar-refractivity contribution in [1.29, 1.82) is 0 Å². The van der Waals surface area contributed by atoms with Gasteiger partial charge in [-0.05, 0) is 31.9 Å². The van der Waals surface area contributed by atoms with E-state index in [1.165, 1.54) is 16.7 Å². The van der Waals surface area contributed by atoms with Crippen LogP contribution in [-0.2, 0) is 0 Å². The van der Waals surface area contributed by atoms with E-state index in [4.69, 9.17) is 5.11 Å². The van der Waals surface area contributed by atoms with Crippen molar-refractivity contribution in [2.24, 2.45) is 0 Å². The highest BCUT2D eigenvalue weighted by atomic mass is 16.3. The molecule has 0 amide bonds. The Hall–Kier alpha value is -0.900. The highest BCUT2D eigenvalue weighted by Crippen LogP contribution is 2.25. The van der Waals surface area contributed by atoms with Gasteiger partial charge in [0.25, 0.3) is 0 Å². The number of rotatable bonds is 4. The smallest absolute Gasteiger partial charge is 0.0558 e. The standard InChI is InChI=1S/C16H26N2O/c1-13-4-5-16(14(2)12-13)15(3)18-8-6-17(7-9-18)10-11-19/h4-5,12,15,19H,6-11H2,1-3H3. The first-order valence-corrected chi connectivity index (χ1v) is 7.26. The molecular formula is C16H26N2O. The number of aryl methyl sites for hydroxylation is 2. The fourth-order valence-electron chi connectivity index (χ4n) is 3.01. The molecular weight excluding hydrogens is 236 g/mol. The summed E-state index contributed by atoms with van der Waals surface area (Å²) in [5, 5.41) is 8.98. The first kappa shape index (κ1) is 14.5. The second-order valence-corrected chi connectivity index (χ2v) is 5.64. The second kappa shape index (κ2) is 6.51. The van der Waals surface area contributed by atoms with Gasteiger partial charge in [-0.15, -0.1) is 0 Å². The molecule has 0 spiro atoms. The number of nitrogens with zero attached hydrogens (tertiary/aromatic N) is 2. The first-order chi connectivity index (χ1) is 9.11. The van der Waals surface area contributed by atoms with Crippen molar-refractivity contribution in [3.05, 3.63) is 34.9 Å². The lowest BCUT2D eigenvalue weighted by molar-refractivity contribution is 0.0886. The molecule has 1 aromatic rings. The van der Waals surface area contributed by atoms with Gasteiger partial charge in [0.2, 0.25) is 0 Å². The molecule has 3 heteroatoms. The van der Waals surface area contributed by atoms with Crippen LogP contribution in [0.1, 0.15) is 29.7 Å². The Kier molecular flexibility index (Phi) is 4.97. The number of aliphatic hydroxyl groups is 1. The third kappa shape index (κ3) is 3.56. The SMILES string of the molecule is Cc1ccc(C(C)N2CCN(CCO)CC2)c(C)c1. The molecule has 106 valence electrons. The predicted molar refractivity (Wildman–Crippen MR) is 79.4 cm³/mol. The lowest BCUT2D eigenvalue weighted by Gasteiger charge is -2.38. The summed E-state index contributed by atoms with van der Waals surface area (Å²) in [6.07, 6.45) is 0. The average Bonchev–Trinajstić information content (AvgIpc) is 2.39. The Labute approximate surface area is 116 Å². The number of benzene rings is 1. The van der Waals surface area contributed by atoms with Crippen molar-refractivity contribution in [2.75, 3.05) is 39.3 Å². The molecule has 1 unspecified atom stereocenters. The van der Waals surface area contributed by atoms with Crippen LogP contribution >= 0.6 is 0 Å². The molecule has 2 rings (SSSR count). The maximum atomic E-state index is 8.98. The monoisotopic (exact) mass is 262 g/mol. The van der Waals surface area contributed by atoms with E-state index in [0.717, 1.165) is 32.7 Å². The summed E-state index contributed by atoms with van der Waals surface area (Å²) in [7, 11) is 0. The number of β-amino-alcohol motifs (C(OH)–C–C–N with tert-alkyl or cyclic N) is 1. The Balaban J connectivity index is 1.99. The van der Waals surface area contributed by atoms with Gasteiger partial charge in [0.05, 0.1) is 6.61 Å². The van der Waals surface area contributed by atoms with Gasteiger partial charge >= 0.3 is 0 Å². The molecule has 1 saturated heterocycles. The highest BCUT2D eigenvalue weighted by Gasteiger charge is 2.22. The van der Waals surface area contributed by atoms with E-state index in [1.54, 1.807) is 0 Å². The minimum Gasteiger partial charge on any atom is -0.395 e. The third-order valence-electron chi connectivity index (χ3n) is 4.25. The average molecular weight is 262 g/mol. The van der Waals surface area contributed by atoms with Gasteiger partial charge in [-0.2, -0.15) is 0 Å². The van der Waals surface area contributed by atoms with Crippen LogP contribution in [0.15, 0.2) is 18.2 Å². The maximum absolute atomic E-state index is 8.98. The van der Waals surface area contributed by atoms with Crippen molar-refractivity contribution in [1.82, 2.24) is 9.80 Å². The van der Waals surface area contributed by atoms with Crippen molar-refractivity contribution in [2.45, 2.75) is 26.8 Å². The molecule has 0 bridgehead atoms. The number of piperazine rings is 1.